The highest BCUT2D eigenvalue weighted by molar-refractivity contribution is 7.99. The number of aromatic nitrogens is 2. The third kappa shape index (κ3) is 5.57. The highest BCUT2D eigenvalue weighted by atomic mass is 35.5. The summed E-state index contributed by atoms with van der Waals surface area (Å²) in [5, 5.41) is 6.18. The Balaban J connectivity index is 0.00000132. The molecule has 0 saturated carbocycles. The van der Waals surface area contributed by atoms with E-state index in [2.05, 4.69) is 34.8 Å². The summed E-state index contributed by atoms with van der Waals surface area (Å²) in [6.45, 7) is 4.90. The second-order valence-corrected chi connectivity index (χ2v) is 6.51. The lowest BCUT2D eigenvalue weighted by atomic mass is 10.0. The molecule has 1 aliphatic rings. The van der Waals surface area contributed by atoms with Gasteiger partial charge in [0.1, 0.15) is 5.65 Å². The molecule has 23 heavy (non-hydrogen) atoms. The monoisotopic (exact) mass is 376 g/mol. The van der Waals surface area contributed by atoms with Crippen molar-refractivity contribution in [3.8, 4) is 0 Å². The highest BCUT2D eigenvalue weighted by Crippen LogP contribution is 2.13. The lowest BCUT2D eigenvalue weighted by Crippen LogP contribution is -2.48. The second-order valence-electron chi connectivity index (χ2n) is 5.53. The van der Waals surface area contributed by atoms with Gasteiger partial charge in [-0.15, -0.1) is 36.6 Å². The van der Waals surface area contributed by atoms with Crippen LogP contribution in [0.1, 0.15) is 11.3 Å². The standard InChI is InChI=1S/C15H20N4OS.2ClH/c1-11-2-3-14-18-13(8-19(14)7-11)9-21-10-15(20)17-6-12-4-16-5-12;;/h2-3,7-8,12,16H,4-6,9-10H2,1H3,(H,17,20);2*1H. The van der Waals surface area contributed by atoms with Gasteiger partial charge in [-0.3, -0.25) is 4.79 Å². The van der Waals surface area contributed by atoms with Gasteiger partial charge in [0.2, 0.25) is 5.91 Å². The number of nitrogens with zero attached hydrogens (tertiary/aromatic N) is 2. The van der Waals surface area contributed by atoms with Crippen molar-refractivity contribution in [1.82, 2.24) is 20.0 Å². The molecule has 0 atom stereocenters. The predicted octanol–water partition coefficient (Wildman–Crippen LogP) is 2.06. The molecule has 0 unspecified atom stereocenters. The van der Waals surface area contributed by atoms with Crippen LogP contribution < -0.4 is 10.6 Å². The van der Waals surface area contributed by atoms with Crippen molar-refractivity contribution < 1.29 is 4.79 Å². The van der Waals surface area contributed by atoms with Crippen molar-refractivity contribution >= 4 is 48.1 Å². The first-order valence-electron chi connectivity index (χ1n) is 7.20. The third-order valence-corrected chi connectivity index (χ3v) is 4.55. The number of pyridine rings is 1. The van der Waals surface area contributed by atoms with Crippen molar-refractivity contribution in [1.29, 1.82) is 0 Å². The number of nitrogens with one attached hydrogen (secondary N) is 2. The SMILES string of the molecule is Cc1ccc2nc(CSCC(=O)NCC3CNC3)cn2c1.Cl.Cl. The molecule has 3 heterocycles. The normalized spacial score (nSPS) is 13.8. The summed E-state index contributed by atoms with van der Waals surface area (Å²) in [5.41, 5.74) is 3.18. The van der Waals surface area contributed by atoms with E-state index in [0.29, 0.717) is 11.7 Å². The van der Waals surface area contributed by atoms with Gasteiger partial charge >= 0.3 is 0 Å². The zero-order valence-electron chi connectivity index (χ0n) is 12.9. The molecule has 1 amide bonds. The van der Waals surface area contributed by atoms with Crippen molar-refractivity contribution in [2.45, 2.75) is 12.7 Å². The Labute approximate surface area is 152 Å². The molecular formula is C15H22Cl2N4OS. The Morgan fingerprint density at radius 1 is 1.39 bits per heavy atom. The molecule has 0 radical (unpaired) electrons. The maximum absolute atomic E-state index is 11.7. The molecule has 0 spiro atoms. The first-order chi connectivity index (χ1) is 10.2. The smallest absolute Gasteiger partial charge is 0.230 e. The average molecular weight is 377 g/mol. The Bertz CT molecular complexity index is 645. The van der Waals surface area contributed by atoms with Crippen LogP contribution in [0, 0.1) is 12.8 Å². The number of halogens is 2. The third-order valence-electron chi connectivity index (χ3n) is 3.59. The highest BCUT2D eigenvalue weighted by Gasteiger charge is 2.16. The lowest BCUT2D eigenvalue weighted by Gasteiger charge is -2.27. The molecule has 3 rings (SSSR count). The van der Waals surface area contributed by atoms with E-state index in [4.69, 9.17) is 0 Å². The predicted molar refractivity (Wildman–Crippen MR) is 100.0 cm³/mol. The fourth-order valence-electron chi connectivity index (χ4n) is 2.28. The maximum Gasteiger partial charge on any atom is 0.230 e. The molecule has 0 aliphatic carbocycles. The van der Waals surface area contributed by atoms with Crippen LogP contribution in [0.3, 0.4) is 0 Å². The summed E-state index contributed by atoms with van der Waals surface area (Å²) >= 11 is 1.61. The number of fused-ring (bicyclic) bond motifs is 1. The van der Waals surface area contributed by atoms with Crippen LogP contribution in [-0.2, 0) is 10.5 Å². The zero-order chi connectivity index (χ0) is 14.7. The molecule has 0 aromatic carbocycles. The molecule has 128 valence electrons. The minimum atomic E-state index is 0. The molecule has 2 N–H and O–H groups in total. The second kappa shape index (κ2) is 9.37. The number of carbonyl (C=O) groups excluding carboxylic acids is 1. The molecule has 0 bridgehead atoms. The number of hydrogen-bond donors (Lipinski definition) is 2. The number of carbonyl (C=O) groups is 1. The van der Waals surface area contributed by atoms with E-state index in [0.717, 1.165) is 36.7 Å². The quantitative estimate of drug-likeness (QED) is 0.809. The van der Waals surface area contributed by atoms with Crippen LogP contribution in [0.15, 0.2) is 24.5 Å². The van der Waals surface area contributed by atoms with Crippen molar-refractivity contribution in [3.63, 3.8) is 0 Å². The van der Waals surface area contributed by atoms with Gasteiger partial charge in [-0.25, -0.2) is 4.98 Å². The van der Waals surface area contributed by atoms with Crippen molar-refractivity contribution in [3.05, 3.63) is 35.8 Å². The molecule has 1 aliphatic heterocycles. The molecule has 2 aromatic heterocycles. The molecule has 8 heteroatoms. The summed E-state index contributed by atoms with van der Waals surface area (Å²) in [4.78, 5) is 16.3. The van der Waals surface area contributed by atoms with E-state index in [9.17, 15) is 4.79 Å². The first-order valence-corrected chi connectivity index (χ1v) is 8.35. The minimum Gasteiger partial charge on any atom is -0.355 e. The summed E-state index contributed by atoms with van der Waals surface area (Å²) in [5.74, 6) is 1.98. The van der Waals surface area contributed by atoms with E-state index < -0.39 is 0 Å². The van der Waals surface area contributed by atoms with Crippen LogP contribution in [0.4, 0.5) is 0 Å². The van der Waals surface area contributed by atoms with Gasteiger partial charge in [0.05, 0.1) is 11.4 Å². The number of rotatable bonds is 6. The average Bonchev–Trinajstić information content (AvgIpc) is 2.78. The summed E-state index contributed by atoms with van der Waals surface area (Å²) < 4.78 is 2.04. The van der Waals surface area contributed by atoms with Gasteiger partial charge in [0.15, 0.2) is 0 Å². The van der Waals surface area contributed by atoms with Crippen LogP contribution in [0.2, 0.25) is 0 Å². The van der Waals surface area contributed by atoms with E-state index in [-0.39, 0.29) is 30.7 Å². The maximum atomic E-state index is 11.7. The fraction of sp³-hybridized carbons (Fsp3) is 0.467. The van der Waals surface area contributed by atoms with Crippen molar-refractivity contribution in [2.24, 2.45) is 5.92 Å². The minimum absolute atomic E-state index is 0. The lowest BCUT2D eigenvalue weighted by molar-refractivity contribution is -0.118. The van der Waals surface area contributed by atoms with Crippen molar-refractivity contribution in [2.75, 3.05) is 25.4 Å². The van der Waals surface area contributed by atoms with E-state index >= 15 is 0 Å². The Kier molecular flexibility index (Phi) is 8.19. The molecule has 5 nitrogen and oxygen atoms in total. The number of aryl methyl sites for hydroxylation is 1. The number of imidazole rings is 1. The molecule has 2 aromatic rings. The largest absolute Gasteiger partial charge is 0.355 e. The Morgan fingerprint density at radius 2 is 2.17 bits per heavy atom. The van der Waals surface area contributed by atoms with Crippen LogP contribution in [-0.4, -0.2) is 40.7 Å². The van der Waals surface area contributed by atoms with Crippen LogP contribution in [0.25, 0.3) is 5.65 Å². The zero-order valence-corrected chi connectivity index (χ0v) is 15.4. The van der Waals surface area contributed by atoms with E-state index in [1.54, 1.807) is 11.8 Å². The van der Waals surface area contributed by atoms with Gasteiger partial charge < -0.3 is 15.0 Å². The molecule has 1 saturated heterocycles. The fourth-order valence-corrected chi connectivity index (χ4v) is 3.01. The van der Waals surface area contributed by atoms with E-state index in [1.807, 2.05) is 16.7 Å². The summed E-state index contributed by atoms with van der Waals surface area (Å²) in [6.07, 6.45) is 4.10. The van der Waals surface area contributed by atoms with E-state index in [1.165, 1.54) is 5.56 Å². The van der Waals surface area contributed by atoms with Gasteiger partial charge in [-0.05, 0) is 18.6 Å². The number of hydrogen-bond acceptors (Lipinski definition) is 4. The van der Waals surface area contributed by atoms with Crippen LogP contribution in [0.5, 0.6) is 0 Å². The van der Waals surface area contributed by atoms with Gasteiger partial charge in [-0.1, -0.05) is 6.07 Å². The van der Waals surface area contributed by atoms with Gasteiger partial charge in [-0.2, -0.15) is 0 Å². The topological polar surface area (TPSA) is 58.4 Å². The van der Waals surface area contributed by atoms with Gasteiger partial charge in [0.25, 0.3) is 0 Å². The Hall–Kier alpha value is -0.950. The van der Waals surface area contributed by atoms with Crippen LogP contribution >= 0.6 is 36.6 Å². The summed E-state index contributed by atoms with van der Waals surface area (Å²) in [7, 11) is 0. The number of amides is 1. The molecular weight excluding hydrogens is 355 g/mol. The first kappa shape index (κ1) is 20.1. The Morgan fingerprint density at radius 3 is 2.87 bits per heavy atom. The number of thioether (sulfide) groups is 1. The summed E-state index contributed by atoms with van der Waals surface area (Å²) in [6, 6.07) is 4.07. The van der Waals surface area contributed by atoms with Gasteiger partial charge in [0, 0.05) is 43.7 Å². The molecule has 1 fully saturated rings.